The minimum Gasteiger partial charge on any atom is -0.393 e. The van der Waals surface area contributed by atoms with Crippen LogP contribution in [-0.2, 0) is 0 Å². The van der Waals surface area contributed by atoms with Gasteiger partial charge in [0.15, 0.2) is 0 Å². The fraction of sp³-hybridized carbons (Fsp3) is 0.929. The van der Waals surface area contributed by atoms with Gasteiger partial charge in [0.2, 0.25) is 0 Å². The van der Waals surface area contributed by atoms with Gasteiger partial charge in [0.1, 0.15) is 0 Å². The molecule has 128 valence electrons. The summed E-state index contributed by atoms with van der Waals surface area (Å²) in [6, 6.07) is -0.524. The van der Waals surface area contributed by atoms with Crippen LogP contribution >= 0.6 is 0 Å². The summed E-state index contributed by atoms with van der Waals surface area (Å²) >= 11 is 0. The highest BCUT2D eigenvalue weighted by Gasteiger charge is 2.35. The van der Waals surface area contributed by atoms with Crippen LogP contribution in [0.4, 0.5) is 18.0 Å². The average Bonchev–Trinajstić information content (AvgIpc) is 2.98. The summed E-state index contributed by atoms with van der Waals surface area (Å²) in [6.45, 7) is 0.121. The van der Waals surface area contributed by atoms with Crippen LogP contribution < -0.4 is 5.32 Å². The first-order valence-electron chi connectivity index (χ1n) is 7.73. The molecule has 2 amide bonds. The summed E-state index contributed by atoms with van der Waals surface area (Å²) in [6.07, 6.45) is -1.38. The second-order valence-corrected chi connectivity index (χ2v) is 6.42. The molecule has 3 atom stereocenters. The number of halogens is 3. The number of rotatable bonds is 4. The number of nitrogens with zero attached hydrogens (tertiary/aromatic N) is 2. The molecular formula is C14H24F3N3O2. The van der Waals surface area contributed by atoms with E-state index in [1.807, 2.05) is 0 Å². The zero-order chi connectivity index (χ0) is 16.3. The number of hydrogen-bond donors (Lipinski definition) is 2. The Hall–Kier alpha value is -1.02. The van der Waals surface area contributed by atoms with Crippen molar-refractivity contribution in [2.75, 3.05) is 33.2 Å². The van der Waals surface area contributed by atoms with Crippen LogP contribution in [0, 0.1) is 5.92 Å². The Labute approximate surface area is 128 Å². The molecular weight excluding hydrogens is 299 g/mol. The van der Waals surface area contributed by atoms with E-state index in [4.69, 9.17) is 0 Å². The van der Waals surface area contributed by atoms with Gasteiger partial charge in [-0.25, -0.2) is 4.79 Å². The van der Waals surface area contributed by atoms with E-state index in [0.29, 0.717) is 19.5 Å². The standard InChI is InChI=1S/C14H24F3N3O2/c1-19(7-10-3-2-4-12(10)21)13(22)18-11-5-6-20(8-11)9-14(15,16)17/h10-12,21H,2-9H2,1H3,(H,18,22). The van der Waals surface area contributed by atoms with Gasteiger partial charge in [0.05, 0.1) is 12.6 Å². The van der Waals surface area contributed by atoms with Gasteiger partial charge in [-0.05, 0) is 19.3 Å². The van der Waals surface area contributed by atoms with Gasteiger partial charge in [-0.15, -0.1) is 0 Å². The van der Waals surface area contributed by atoms with E-state index in [0.717, 1.165) is 19.3 Å². The molecule has 2 aliphatic rings. The van der Waals surface area contributed by atoms with Crippen molar-refractivity contribution in [1.29, 1.82) is 0 Å². The number of carbonyl (C=O) groups is 1. The largest absolute Gasteiger partial charge is 0.401 e. The quantitative estimate of drug-likeness (QED) is 0.823. The number of aliphatic hydroxyl groups is 1. The third-order valence-corrected chi connectivity index (χ3v) is 4.48. The van der Waals surface area contributed by atoms with E-state index in [2.05, 4.69) is 5.32 Å². The molecule has 1 saturated carbocycles. The van der Waals surface area contributed by atoms with Gasteiger partial charge in [-0.1, -0.05) is 6.42 Å². The van der Waals surface area contributed by atoms with Gasteiger partial charge in [-0.2, -0.15) is 13.2 Å². The van der Waals surface area contributed by atoms with E-state index in [-0.39, 0.29) is 30.6 Å². The fourth-order valence-corrected chi connectivity index (χ4v) is 3.30. The van der Waals surface area contributed by atoms with Gasteiger partial charge in [0, 0.05) is 38.6 Å². The number of hydrogen-bond acceptors (Lipinski definition) is 3. The van der Waals surface area contributed by atoms with Crippen molar-refractivity contribution < 1.29 is 23.1 Å². The van der Waals surface area contributed by atoms with Crippen LogP contribution in [0.1, 0.15) is 25.7 Å². The SMILES string of the molecule is CN(CC1CCCC1O)C(=O)NC1CCN(CC(F)(F)F)C1. The molecule has 1 aliphatic heterocycles. The van der Waals surface area contributed by atoms with Crippen LogP contribution in [0.25, 0.3) is 0 Å². The van der Waals surface area contributed by atoms with E-state index in [1.54, 1.807) is 7.05 Å². The molecule has 2 rings (SSSR count). The molecule has 2 N–H and O–H groups in total. The highest BCUT2D eigenvalue weighted by Crippen LogP contribution is 2.26. The van der Waals surface area contributed by atoms with Crippen molar-refractivity contribution in [2.24, 2.45) is 5.92 Å². The number of carbonyl (C=O) groups excluding carboxylic acids is 1. The van der Waals surface area contributed by atoms with Crippen molar-refractivity contribution in [3.63, 3.8) is 0 Å². The second kappa shape index (κ2) is 7.04. The third-order valence-electron chi connectivity index (χ3n) is 4.48. The molecule has 5 nitrogen and oxygen atoms in total. The highest BCUT2D eigenvalue weighted by atomic mass is 19.4. The van der Waals surface area contributed by atoms with Crippen molar-refractivity contribution in [3.8, 4) is 0 Å². The number of urea groups is 1. The van der Waals surface area contributed by atoms with E-state index < -0.39 is 12.7 Å². The summed E-state index contributed by atoms with van der Waals surface area (Å²) in [5.41, 5.74) is 0. The molecule has 1 heterocycles. The molecule has 0 spiro atoms. The molecule has 0 aromatic carbocycles. The molecule has 2 fully saturated rings. The Kier molecular flexibility index (Phi) is 5.55. The highest BCUT2D eigenvalue weighted by molar-refractivity contribution is 5.74. The first-order chi connectivity index (χ1) is 10.2. The summed E-state index contributed by atoms with van der Waals surface area (Å²) in [4.78, 5) is 14.9. The van der Waals surface area contributed by atoms with Crippen LogP contribution in [-0.4, -0.2) is 72.5 Å². The summed E-state index contributed by atoms with van der Waals surface area (Å²) in [5, 5.41) is 12.6. The lowest BCUT2D eigenvalue weighted by atomic mass is 10.1. The Morgan fingerprint density at radius 3 is 2.68 bits per heavy atom. The van der Waals surface area contributed by atoms with Crippen molar-refractivity contribution in [3.05, 3.63) is 0 Å². The first-order valence-corrected chi connectivity index (χ1v) is 7.73. The first kappa shape index (κ1) is 17.3. The number of nitrogens with one attached hydrogen (secondary N) is 1. The van der Waals surface area contributed by atoms with Gasteiger partial charge < -0.3 is 15.3 Å². The predicted octanol–water partition coefficient (Wildman–Crippen LogP) is 1.43. The van der Waals surface area contributed by atoms with Crippen molar-refractivity contribution in [1.82, 2.24) is 15.1 Å². The lowest BCUT2D eigenvalue weighted by Gasteiger charge is -2.25. The van der Waals surface area contributed by atoms with Crippen molar-refractivity contribution >= 4 is 6.03 Å². The molecule has 1 aliphatic carbocycles. The Morgan fingerprint density at radius 2 is 2.09 bits per heavy atom. The zero-order valence-corrected chi connectivity index (χ0v) is 12.8. The van der Waals surface area contributed by atoms with Gasteiger partial charge in [-0.3, -0.25) is 4.90 Å². The van der Waals surface area contributed by atoms with Crippen LogP contribution in [0.3, 0.4) is 0 Å². The van der Waals surface area contributed by atoms with Gasteiger partial charge >= 0.3 is 12.2 Å². The second-order valence-electron chi connectivity index (χ2n) is 6.42. The number of likely N-dealkylation sites (tertiary alicyclic amines) is 1. The maximum Gasteiger partial charge on any atom is 0.401 e. The average molecular weight is 323 g/mol. The number of alkyl halides is 3. The molecule has 0 bridgehead atoms. The Bertz CT molecular complexity index is 392. The van der Waals surface area contributed by atoms with E-state index in [9.17, 15) is 23.1 Å². The maximum absolute atomic E-state index is 12.3. The summed E-state index contributed by atoms with van der Waals surface area (Å²) < 4.78 is 37.0. The van der Waals surface area contributed by atoms with Crippen LogP contribution in [0.2, 0.25) is 0 Å². The van der Waals surface area contributed by atoms with Gasteiger partial charge in [0.25, 0.3) is 0 Å². The Morgan fingerprint density at radius 1 is 1.36 bits per heavy atom. The predicted molar refractivity (Wildman–Crippen MR) is 75.4 cm³/mol. The van der Waals surface area contributed by atoms with Crippen molar-refractivity contribution in [2.45, 2.75) is 44.0 Å². The number of amides is 2. The summed E-state index contributed by atoms with van der Waals surface area (Å²) in [5.74, 6) is 0.0982. The molecule has 22 heavy (non-hydrogen) atoms. The maximum atomic E-state index is 12.3. The molecule has 0 aromatic rings. The molecule has 3 unspecified atom stereocenters. The minimum absolute atomic E-state index is 0.0982. The third kappa shape index (κ3) is 5.01. The topological polar surface area (TPSA) is 55.8 Å². The van der Waals surface area contributed by atoms with E-state index in [1.165, 1.54) is 9.80 Å². The van der Waals surface area contributed by atoms with Crippen LogP contribution in [0.5, 0.6) is 0 Å². The number of aliphatic hydroxyl groups excluding tert-OH is 1. The monoisotopic (exact) mass is 323 g/mol. The fourth-order valence-electron chi connectivity index (χ4n) is 3.30. The normalized spacial score (nSPS) is 29.8. The molecule has 1 saturated heterocycles. The van der Waals surface area contributed by atoms with Crippen LogP contribution in [0.15, 0.2) is 0 Å². The molecule has 0 radical (unpaired) electrons. The minimum atomic E-state index is -4.20. The molecule has 0 aromatic heterocycles. The summed E-state index contributed by atoms with van der Waals surface area (Å²) in [7, 11) is 1.66. The van der Waals surface area contributed by atoms with E-state index >= 15 is 0 Å². The lowest BCUT2D eigenvalue weighted by molar-refractivity contribution is -0.143. The zero-order valence-electron chi connectivity index (χ0n) is 12.8. The smallest absolute Gasteiger partial charge is 0.393 e. The molecule has 8 heteroatoms. The lowest BCUT2D eigenvalue weighted by Crippen LogP contribution is -2.46. The Balaban J connectivity index is 1.73.